The van der Waals surface area contributed by atoms with Gasteiger partial charge in [-0.1, -0.05) is 38.1 Å². The molecule has 2 aromatic rings. The smallest absolute Gasteiger partial charge is 0.169 e. The Labute approximate surface area is 134 Å². The van der Waals surface area contributed by atoms with E-state index in [4.69, 9.17) is 0 Å². The molecule has 0 aliphatic carbocycles. The van der Waals surface area contributed by atoms with E-state index in [1.807, 2.05) is 18.2 Å². The molecule has 0 amide bonds. The van der Waals surface area contributed by atoms with E-state index in [2.05, 4.69) is 57.8 Å². The van der Waals surface area contributed by atoms with Crippen LogP contribution in [0, 0.1) is 0 Å². The zero-order valence-electron chi connectivity index (χ0n) is 10.7. The normalized spacial score (nSPS) is 11.0. The van der Waals surface area contributed by atoms with Gasteiger partial charge in [-0.25, -0.2) is 0 Å². The molecular formula is C15H14Br2OS. The van der Waals surface area contributed by atoms with Gasteiger partial charge in [-0.15, -0.1) is 11.3 Å². The van der Waals surface area contributed by atoms with Crippen LogP contribution in [0.15, 0.2) is 37.9 Å². The molecule has 4 heteroatoms. The third kappa shape index (κ3) is 3.77. The van der Waals surface area contributed by atoms with Gasteiger partial charge in [0.25, 0.3) is 0 Å². The molecule has 2 rings (SSSR count). The number of benzene rings is 1. The van der Waals surface area contributed by atoms with Crippen LogP contribution in [0.3, 0.4) is 0 Å². The van der Waals surface area contributed by atoms with Gasteiger partial charge in [-0.05, 0) is 55.0 Å². The van der Waals surface area contributed by atoms with Crippen molar-refractivity contribution >= 4 is 49.0 Å². The van der Waals surface area contributed by atoms with Gasteiger partial charge < -0.3 is 0 Å². The number of ketones is 1. The van der Waals surface area contributed by atoms with Crippen molar-refractivity contribution in [1.82, 2.24) is 0 Å². The summed E-state index contributed by atoms with van der Waals surface area (Å²) in [5, 5.41) is 0. The van der Waals surface area contributed by atoms with E-state index in [0.29, 0.717) is 12.3 Å². The highest BCUT2D eigenvalue weighted by atomic mass is 79.9. The standard InChI is InChI=1S/C15H14Br2OS/c1-9(2)11-5-3-10(4-6-11)7-13(18)12-8-14(16)19-15(12)17/h3-6,8-9H,7H2,1-2H3. The zero-order valence-corrected chi connectivity index (χ0v) is 14.7. The topological polar surface area (TPSA) is 17.1 Å². The van der Waals surface area contributed by atoms with Crippen molar-refractivity contribution in [2.45, 2.75) is 26.2 Å². The van der Waals surface area contributed by atoms with Gasteiger partial charge in [0.15, 0.2) is 5.78 Å². The van der Waals surface area contributed by atoms with Gasteiger partial charge in [-0.2, -0.15) is 0 Å². The highest BCUT2D eigenvalue weighted by Gasteiger charge is 2.14. The predicted molar refractivity (Wildman–Crippen MR) is 88.3 cm³/mol. The molecule has 0 aliphatic heterocycles. The molecule has 0 radical (unpaired) electrons. The van der Waals surface area contributed by atoms with Gasteiger partial charge in [-0.3, -0.25) is 4.79 Å². The second kappa shape index (κ2) is 6.33. The Morgan fingerprint density at radius 3 is 2.32 bits per heavy atom. The average Bonchev–Trinajstić information content (AvgIpc) is 2.69. The van der Waals surface area contributed by atoms with Crippen LogP contribution >= 0.6 is 43.2 Å². The molecule has 1 aromatic heterocycles. The van der Waals surface area contributed by atoms with Crippen molar-refractivity contribution in [1.29, 1.82) is 0 Å². The third-order valence-corrected chi connectivity index (χ3v) is 5.31. The Balaban J connectivity index is 2.13. The highest BCUT2D eigenvalue weighted by Crippen LogP contribution is 2.32. The second-order valence-corrected chi connectivity index (χ2v) is 8.48. The number of halogens is 2. The maximum absolute atomic E-state index is 12.2. The van der Waals surface area contributed by atoms with Crippen LogP contribution in [-0.2, 0) is 6.42 Å². The summed E-state index contributed by atoms with van der Waals surface area (Å²) in [5.74, 6) is 0.665. The number of Topliss-reactive ketones (excluding diaryl/α,β-unsaturated/α-hetero) is 1. The maximum atomic E-state index is 12.2. The molecule has 1 heterocycles. The minimum absolute atomic E-state index is 0.145. The van der Waals surface area contributed by atoms with E-state index in [0.717, 1.165) is 18.7 Å². The Morgan fingerprint density at radius 2 is 1.84 bits per heavy atom. The Bertz CT molecular complexity index is 585. The quantitative estimate of drug-likeness (QED) is 0.589. The molecule has 0 atom stereocenters. The zero-order chi connectivity index (χ0) is 14.0. The largest absolute Gasteiger partial charge is 0.294 e. The number of carbonyl (C=O) groups excluding carboxylic acids is 1. The minimum atomic E-state index is 0.145. The molecular weight excluding hydrogens is 388 g/mol. The molecule has 1 aromatic carbocycles. The first kappa shape index (κ1) is 14.9. The summed E-state index contributed by atoms with van der Waals surface area (Å²) >= 11 is 8.35. The number of thiophene rings is 1. The summed E-state index contributed by atoms with van der Waals surface area (Å²) < 4.78 is 1.86. The number of carbonyl (C=O) groups is 1. The van der Waals surface area contributed by atoms with Crippen LogP contribution in [0.4, 0.5) is 0 Å². The van der Waals surface area contributed by atoms with E-state index < -0.39 is 0 Å². The lowest BCUT2D eigenvalue weighted by Crippen LogP contribution is -2.03. The Kier molecular flexibility index (Phi) is 4.98. The Hall–Kier alpha value is -0.450. The van der Waals surface area contributed by atoms with E-state index in [1.54, 1.807) is 0 Å². The first-order chi connectivity index (χ1) is 8.97. The molecule has 0 aliphatic rings. The van der Waals surface area contributed by atoms with Crippen LogP contribution in [0.5, 0.6) is 0 Å². The van der Waals surface area contributed by atoms with Crippen molar-refractivity contribution in [3.63, 3.8) is 0 Å². The molecule has 100 valence electrons. The number of rotatable bonds is 4. The molecule has 0 fully saturated rings. The van der Waals surface area contributed by atoms with Crippen LogP contribution in [0.2, 0.25) is 0 Å². The molecule has 0 spiro atoms. The fourth-order valence-electron chi connectivity index (χ4n) is 1.83. The van der Waals surface area contributed by atoms with Crippen molar-refractivity contribution in [3.8, 4) is 0 Å². The van der Waals surface area contributed by atoms with Crippen LogP contribution in [0.25, 0.3) is 0 Å². The van der Waals surface area contributed by atoms with Gasteiger partial charge in [0.1, 0.15) is 0 Å². The van der Waals surface area contributed by atoms with Crippen molar-refractivity contribution < 1.29 is 4.79 Å². The first-order valence-corrected chi connectivity index (χ1v) is 8.44. The van der Waals surface area contributed by atoms with Crippen LogP contribution in [-0.4, -0.2) is 5.78 Å². The van der Waals surface area contributed by atoms with Crippen molar-refractivity contribution in [2.75, 3.05) is 0 Å². The highest BCUT2D eigenvalue weighted by molar-refractivity contribution is 9.12. The van der Waals surface area contributed by atoms with Crippen LogP contribution in [0.1, 0.15) is 41.3 Å². The van der Waals surface area contributed by atoms with E-state index in [1.165, 1.54) is 16.9 Å². The fourth-order valence-corrected chi connectivity index (χ4v) is 4.69. The summed E-state index contributed by atoms with van der Waals surface area (Å²) in [4.78, 5) is 12.2. The van der Waals surface area contributed by atoms with Gasteiger partial charge >= 0.3 is 0 Å². The number of hydrogen-bond donors (Lipinski definition) is 0. The SMILES string of the molecule is CC(C)c1ccc(CC(=O)c2cc(Br)sc2Br)cc1. The van der Waals surface area contributed by atoms with Crippen molar-refractivity contribution in [2.24, 2.45) is 0 Å². The molecule has 0 N–H and O–H groups in total. The van der Waals surface area contributed by atoms with Crippen molar-refractivity contribution in [3.05, 3.63) is 54.6 Å². The molecule has 0 saturated carbocycles. The average molecular weight is 402 g/mol. The minimum Gasteiger partial charge on any atom is -0.294 e. The summed E-state index contributed by atoms with van der Waals surface area (Å²) in [5.41, 5.74) is 3.11. The molecule has 0 unspecified atom stereocenters. The fraction of sp³-hybridized carbons (Fsp3) is 0.267. The Morgan fingerprint density at radius 1 is 1.21 bits per heavy atom. The van der Waals surface area contributed by atoms with E-state index in [-0.39, 0.29) is 5.78 Å². The van der Waals surface area contributed by atoms with Gasteiger partial charge in [0.05, 0.1) is 7.57 Å². The van der Waals surface area contributed by atoms with Gasteiger partial charge in [0, 0.05) is 12.0 Å². The summed E-state index contributed by atoms with van der Waals surface area (Å²) in [6.45, 7) is 4.33. The van der Waals surface area contributed by atoms with E-state index in [9.17, 15) is 4.79 Å². The first-order valence-electron chi connectivity index (χ1n) is 6.04. The lowest BCUT2D eigenvalue weighted by molar-refractivity contribution is 0.0992. The molecule has 19 heavy (non-hydrogen) atoms. The van der Waals surface area contributed by atoms with Crippen LogP contribution < -0.4 is 0 Å². The van der Waals surface area contributed by atoms with E-state index >= 15 is 0 Å². The third-order valence-electron chi connectivity index (χ3n) is 2.97. The number of hydrogen-bond acceptors (Lipinski definition) is 2. The summed E-state index contributed by atoms with van der Waals surface area (Å²) in [6, 6.07) is 10.2. The second-order valence-electron chi connectivity index (χ2n) is 4.73. The molecule has 0 bridgehead atoms. The molecule has 1 nitrogen and oxygen atoms in total. The van der Waals surface area contributed by atoms with Gasteiger partial charge in [0.2, 0.25) is 0 Å². The monoisotopic (exact) mass is 400 g/mol. The summed E-state index contributed by atoms with van der Waals surface area (Å²) in [6.07, 6.45) is 0.445. The lowest BCUT2D eigenvalue weighted by Gasteiger charge is -2.06. The maximum Gasteiger partial charge on any atom is 0.169 e. The summed E-state index contributed by atoms with van der Waals surface area (Å²) in [7, 11) is 0. The lowest BCUT2D eigenvalue weighted by atomic mass is 9.99. The molecule has 0 saturated heterocycles. The predicted octanol–water partition coefficient (Wildman–Crippen LogP) is 5.82.